The number of aromatic amines is 1. The summed E-state index contributed by atoms with van der Waals surface area (Å²) in [5, 5.41) is 0. The van der Waals surface area contributed by atoms with Gasteiger partial charge in [-0.3, -0.25) is 9.78 Å². The number of nitrogens with one attached hydrogen (secondary N) is 1. The first-order chi connectivity index (χ1) is 12.2. The Morgan fingerprint density at radius 3 is 2.84 bits per heavy atom. The van der Waals surface area contributed by atoms with E-state index in [1.54, 1.807) is 12.4 Å². The fourth-order valence-corrected chi connectivity index (χ4v) is 3.00. The summed E-state index contributed by atoms with van der Waals surface area (Å²) in [6.07, 6.45) is 3.29. The van der Waals surface area contributed by atoms with E-state index >= 15 is 0 Å². The molecule has 0 saturated heterocycles. The van der Waals surface area contributed by atoms with E-state index in [9.17, 15) is 9.59 Å². The van der Waals surface area contributed by atoms with Crippen LogP contribution in [0.3, 0.4) is 0 Å². The van der Waals surface area contributed by atoms with Gasteiger partial charge in [0.25, 0.3) is 5.91 Å². The molecule has 2 aromatic heterocycles. The van der Waals surface area contributed by atoms with Crippen molar-refractivity contribution in [3.05, 3.63) is 53.9 Å². The molecule has 0 bridgehead atoms. The number of esters is 1. The van der Waals surface area contributed by atoms with Crippen LogP contribution in [-0.4, -0.2) is 49.9 Å². The highest BCUT2D eigenvalue weighted by atomic mass is 16.5. The summed E-state index contributed by atoms with van der Waals surface area (Å²) >= 11 is 0. The second-order valence-corrected chi connectivity index (χ2v) is 5.75. The van der Waals surface area contributed by atoms with Crippen LogP contribution in [0.15, 0.2) is 36.8 Å². The van der Waals surface area contributed by atoms with Gasteiger partial charge in [0.05, 0.1) is 48.6 Å². The molecule has 126 valence electrons. The summed E-state index contributed by atoms with van der Waals surface area (Å²) in [6.45, 7) is 0.239. The number of carbonyl (C=O) groups excluding carboxylic acids is 2. The number of imidazole rings is 1. The molecule has 1 N–H and O–H groups in total. The molecule has 8 heteroatoms. The average Bonchev–Trinajstić information content (AvgIpc) is 3.13. The highest BCUT2D eigenvalue weighted by Gasteiger charge is 2.37. The van der Waals surface area contributed by atoms with E-state index in [1.807, 2.05) is 18.2 Å². The molecule has 0 fully saturated rings. The van der Waals surface area contributed by atoms with E-state index in [-0.39, 0.29) is 18.1 Å². The van der Waals surface area contributed by atoms with Crippen LogP contribution in [0.1, 0.15) is 21.9 Å². The van der Waals surface area contributed by atoms with Crippen LogP contribution < -0.4 is 0 Å². The Morgan fingerprint density at radius 1 is 1.24 bits per heavy atom. The molecular weight excluding hydrogens is 322 g/mol. The Hall–Kier alpha value is -3.29. The van der Waals surface area contributed by atoms with Crippen LogP contribution >= 0.6 is 0 Å². The molecule has 1 atom stereocenters. The molecule has 3 aromatic rings. The smallest absolute Gasteiger partial charge is 0.329 e. The average molecular weight is 337 g/mol. The van der Waals surface area contributed by atoms with Crippen molar-refractivity contribution < 1.29 is 14.3 Å². The molecule has 1 aliphatic rings. The van der Waals surface area contributed by atoms with Gasteiger partial charge in [-0.1, -0.05) is 12.1 Å². The van der Waals surface area contributed by atoms with E-state index < -0.39 is 12.0 Å². The van der Waals surface area contributed by atoms with Crippen LogP contribution in [0.25, 0.3) is 11.0 Å². The third-order valence-corrected chi connectivity index (χ3v) is 4.30. The lowest BCUT2D eigenvalue weighted by molar-refractivity contribution is -0.146. The van der Waals surface area contributed by atoms with Crippen LogP contribution in [0.2, 0.25) is 0 Å². The minimum absolute atomic E-state index is 0.190. The molecule has 0 radical (unpaired) electrons. The minimum atomic E-state index is -0.735. The number of para-hydroxylation sites is 2. The predicted molar refractivity (Wildman–Crippen MR) is 87.5 cm³/mol. The monoisotopic (exact) mass is 337 g/mol. The molecule has 25 heavy (non-hydrogen) atoms. The standard InChI is InChI=1S/C17H15N5O3/c1-25-17(24)15-6-12-14(20-9-19-12)8-22(15)16(23)13-7-18-10-4-2-3-5-11(10)21-13/h2-5,7,9,15H,6,8H2,1H3,(H,19,20). The summed E-state index contributed by atoms with van der Waals surface area (Å²) in [4.78, 5) is 42.5. The molecule has 8 nitrogen and oxygen atoms in total. The van der Waals surface area contributed by atoms with Gasteiger partial charge in [-0.25, -0.2) is 14.8 Å². The van der Waals surface area contributed by atoms with Crippen molar-refractivity contribution >= 4 is 22.9 Å². The zero-order valence-electron chi connectivity index (χ0n) is 13.5. The number of benzene rings is 1. The second-order valence-electron chi connectivity index (χ2n) is 5.75. The van der Waals surface area contributed by atoms with Crippen LogP contribution in [0.4, 0.5) is 0 Å². The SMILES string of the molecule is COC(=O)C1Cc2nc[nH]c2CN1C(=O)c1cnc2ccccc2n1. The van der Waals surface area contributed by atoms with Gasteiger partial charge in [0, 0.05) is 6.42 Å². The Morgan fingerprint density at radius 2 is 2.04 bits per heavy atom. The van der Waals surface area contributed by atoms with Gasteiger partial charge >= 0.3 is 5.97 Å². The summed E-state index contributed by atoms with van der Waals surface area (Å²) in [7, 11) is 1.31. The second kappa shape index (κ2) is 5.97. The topological polar surface area (TPSA) is 101 Å². The number of ether oxygens (including phenoxy) is 1. The van der Waals surface area contributed by atoms with Crippen molar-refractivity contribution in [2.75, 3.05) is 7.11 Å². The zero-order chi connectivity index (χ0) is 17.4. The van der Waals surface area contributed by atoms with Gasteiger partial charge in [0.15, 0.2) is 0 Å². The number of hydrogen-bond donors (Lipinski definition) is 1. The van der Waals surface area contributed by atoms with E-state index in [0.29, 0.717) is 17.5 Å². The first-order valence-corrected chi connectivity index (χ1v) is 7.79. The zero-order valence-corrected chi connectivity index (χ0v) is 13.5. The molecule has 0 spiro atoms. The van der Waals surface area contributed by atoms with E-state index in [4.69, 9.17) is 4.74 Å². The van der Waals surface area contributed by atoms with Gasteiger partial charge in [-0.2, -0.15) is 0 Å². The number of amides is 1. The highest BCUT2D eigenvalue weighted by molar-refractivity contribution is 5.96. The summed E-state index contributed by atoms with van der Waals surface area (Å²) in [6, 6.07) is 6.57. The van der Waals surface area contributed by atoms with Crippen molar-refractivity contribution in [3.8, 4) is 0 Å². The van der Waals surface area contributed by atoms with Gasteiger partial charge in [-0.15, -0.1) is 0 Å². The Bertz CT molecular complexity index is 968. The number of carbonyl (C=O) groups is 2. The van der Waals surface area contributed by atoms with Crippen molar-refractivity contribution in [1.82, 2.24) is 24.8 Å². The molecule has 1 amide bonds. The number of fused-ring (bicyclic) bond motifs is 2. The van der Waals surface area contributed by atoms with Gasteiger partial charge in [0.2, 0.25) is 0 Å². The Labute approximate surface area is 142 Å². The number of rotatable bonds is 2. The van der Waals surface area contributed by atoms with Gasteiger partial charge in [-0.05, 0) is 12.1 Å². The normalized spacial score (nSPS) is 16.5. The number of hydrogen-bond acceptors (Lipinski definition) is 6. The van der Waals surface area contributed by atoms with Crippen molar-refractivity contribution in [1.29, 1.82) is 0 Å². The van der Waals surface area contributed by atoms with Crippen molar-refractivity contribution in [2.45, 2.75) is 19.0 Å². The fourth-order valence-electron chi connectivity index (χ4n) is 3.00. The summed E-state index contributed by atoms with van der Waals surface area (Å²) in [5.74, 6) is -0.843. The first kappa shape index (κ1) is 15.3. The van der Waals surface area contributed by atoms with E-state index in [1.165, 1.54) is 18.2 Å². The first-order valence-electron chi connectivity index (χ1n) is 7.79. The maximum atomic E-state index is 13.0. The Balaban J connectivity index is 1.71. The lowest BCUT2D eigenvalue weighted by Gasteiger charge is -2.32. The quantitative estimate of drug-likeness (QED) is 0.703. The molecule has 0 aliphatic carbocycles. The molecule has 1 aromatic carbocycles. The molecule has 0 saturated carbocycles. The van der Waals surface area contributed by atoms with E-state index in [2.05, 4.69) is 19.9 Å². The Kier molecular flexibility index (Phi) is 3.64. The van der Waals surface area contributed by atoms with E-state index in [0.717, 1.165) is 11.4 Å². The number of methoxy groups -OCH3 is 1. The van der Waals surface area contributed by atoms with Crippen molar-refractivity contribution in [3.63, 3.8) is 0 Å². The lowest BCUT2D eigenvalue weighted by atomic mass is 10.0. The van der Waals surface area contributed by atoms with Crippen LogP contribution in [-0.2, 0) is 22.5 Å². The molecule has 3 heterocycles. The molecule has 1 aliphatic heterocycles. The fraction of sp³-hybridized carbons (Fsp3) is 0.235. The molecule has 4 rings (SSSR count). The van der Waals surface area contributed by atoms with Gasteiger partial charge < -0.3 is 14.6 Å². The molecular formula is C17H15N5O3. The van der Waals surface area contributed by atoms with Crippen LogP contribution in [0.5, 0.6) is 0 Å². The number of aromatic nitrogens is 4. The third-order valence-electron chi connectivity index (χ3n) is 4.30. The highest BCUT2D eigenvalue weighted by Crippen LogP contribution is 2.23. The maximum absolute atomic E-state index is 13.0. The third kappa shape index (κ3) is 2.61. The van der Waals surface area contributed by atoms with Gasteiger partial charge in [0.1, 0.15) is 11.7 Å². The summed E-state index contributed by atoms with van der Waals surface area (Å²) in [5.41, 5.74) is 3.10. The van der Waals surface area contributed by atoms with Crippen LogP contribution in [0, 0.1) is 0 Å². The molecule has 1 unspecified atom stereocenters. The van der Waals surface area contributed by atoms with Crippen molar-refractivity contribution in [2.24, 2.45) is 0 Å². The summed E-state index contributed by atoms with van der Waals surface area (Å²) < 4.78 is 4.86. The maximum Gasteiger partial charge on any atom is 0.329 e. The largest absolute Gasteiger partial charge is 0.467 e. The predicted octanol–water partition coefficient (Wildman–Crippen LogP) is 1.09. The number of nitrogens with zero attached hydrogens (tertiary/aromatic N) is 4. The number of H-pyrrole nitrogens is 1. The lowest BCUT2D eigenvalue weighted by Crippen LogP contribution is -2.49. The minimum Gasteiger partial charge on any atom is -0.467 e.